The number of nitrogens with zero attached hydrogens (tertiary/aromatic N) is 2. The SMILES string of the molecule is NC1=NN(c2ccccc2)C=CC1C(=O)OCc1ccc(Cl)cc1. The topological polar surface area (TPSA) is 67.9 Å². The Morgan fingerprint density at radius 3 is 2.54 bits per heavy atom. The van der Waals surface area contributed by atoms with E-state index in [0.717, 1.165) is 11.3 Å². The van der Waals surface area contributed by atoms with Gasteiger partial charge < -0.3 is 10.5 Å². The lowest BCUT2D eigenvalue weighted by Crippen LogP contribution is -2.35. The highest BCUT2D eigenvalue weighted by molar-refractivity contribution is 6.30. The summed E-state index contributed by atoms with van der Waals surface area (Å²) in [4.78, 5) is 12.2. The first kappa shape index (κ1) is 16.1. The predicted octanol–water partition coefficient (Wildman–Crippen LogP) is 3.31. The molecule has 0 fully saturated rings. The van der Waals surface area contributed by atoms with Crippen LogP contribution in [-0.2, 0) is 16.1 Å². The molecule has 0 saturated heterocycles. The highest BCUT2D eigenvalue weighted by Crippen LogP contribution is 2.20. The standard InChI is InChI=1S/C18H16ClN3O2/c19-14-8-6-13(7-9-14)12-24-18(23)16-10-11-22(21-17(16)20)15-4-2-1-3-5-15/h1-11,16H,12H2,(H2,20,21). The van der Waals surface area contributed by atoms with Crippen LogP contribution in [0, 0.1) is 5.92 Å². The number of carbonyl (C=O) groups is 1. The van der Waals surface area contributed by atoms with E-state index < -0.39 is 11.9 Å². The Bertz CT molecular complexity index is 773. The third-order valence-electron chi connectivity index (χ3n) is 3.53. The van der Waals surface area contributed by atoms with E-state index in [-0.39, 0.29) is 12.4 Å². The first-order valence-electron chi connectivity index (χ1n) is 7.41. The molecule has 1 unspecified atom stereocenters. The van der Waals surface area contributed by atoms with Crippen LogP contribution in [0.2, 0.25) is 5.02 Å². The van der Waals surface area contributed by atoms with Gasteiger partial charge in [0.2, 0.25) is 0 Å². The van der Waals surface area contributed by atoms with Gasteiger partial charge in [-0.2, -0.15) is 5.10 Å². The summed E-state index contributed by atoms with van der Waals surface area (Å²) in [6, 6.07) is 16.6. The largest absolute Gasteiger partial charge is 0.460 e. The molecule has 0 aromatic heterocycles. The van der Waals surface area contributed by atoms with Crippen LogP contribution in [0.3, 0.4) is 0 Å². The van der Waals surface area contributed by atoms with Crippen LogP contribution in [0.5, 0.6) is 0 Å². The molecular weight excluding hydrogens is 326 g/mol. The molecular formula is C18H16ClN3O2. The summed E-state index contributed by atoms with van der Waals surface area (Å²) >= 11 is 5.83. The maximum absolute atomic E-state index is 12.2. The lowest BCUT2D eigenvalue weighted by Gasteiger charge is -2.22. The van der Waals surface area contributed by atoms with E-state index in [4.69, 9.17) is 22.1 Å². The second-order valence-corrected chi connectivity index (χ2v) is 5.69. The molecule has 2 aromatic carbocycles. The molecule has 2 N–H and O–H groups in total. The van der Waals surface area contributed by atoms with Gasteiger partial charge in [-0.3, -0.25) is 4.79 Å². The maximum atomic E-state index is 12.2. The van der Waals surface area contributed by atoms with Crippen molar-refractivity contribution < 1.29 is 9.53 Å². The number of hydrazone groups is 1. The normalized spacial score (nSPS) is 16.6. The van der Waals surface area contributed by atoms with Crippen LogP contribution in [0.15, 0.2) is 72.0 Å². The molecule has 0 bridgehead atoms. The predicted molar refractivity (Wildman–Crippen MR) is 94.4 cm³/mol. The third kappa shape index (κ3) is 3.75. The van der Waals surface area contributed by atoms with Crippen LogP contribution in [0.25, 0.3) is 0 Å². The Labute approximate surface area is 145 Å². The summed E-state index contributed by atoms with van der Waals surface area (Å²) < 4.78 is 5.31. The van der Waals surface area contributed by atoms with E-state index in [1.165, 1.54) is 0 Å². The number of esters is 1. The van der Waals surface area contributed by atoms with Gasteiger partial charge in [0.1, 0.15) is 18.4 Å². The van der Waals surface area contributed by atoms with E-state index in [9.17, 15) is 4.79 Å². The van der Waals surface area contributed by atoms with Crippen LogP contribution in [0.1, 0.15) is 5.56 Å². The average molecular weight is 342 g/mol. The van der Waals surface area contributed by atoms with Gasteiger partial charge in [-0.1, -0.05) is 41.9 Å². The van der Waals surface area contributed by atoms with Gasteiger partial charge in [-0.05, 0) is 35.9 Å². The van der Waals surface area contributed by atoms with Crippen molar-refractivity contribution in [2.45, 2.75) is 6.61 Å². The highest BCUT2D eigenvalue weighted by Gasteiger charge is 2.25. The molecule has 0 radical (unpaired) electrons. The Kier molecular flexibility index (Phi) is 4.82. The number of benzene rings is 2. The zero-order valence-corrected chi connectivity index (χ0v) is 13.6. The van der Waals surface area contributed by atoms with Gasteiger partial charge in [-0.25, -0.2) is 5.01 Å². The van der Waals surface area contributed by atoms with E-state index >= 15 is 0 Å². The van der Waals surface area contributed by atoms with Crippen molar-refractivity contribution in [2.75, 3.05) is 5.01 Å². The second-order valence-electron chi connectivity index (χ2n) is 5.26. The fourth-order valence-electron chi connectivity index (χ4n) is 2.23. The van der Waals surface area contributed by atoms with Crippen molar-refractivity contribution in [3.8, 4) is 0 Å². The Morgan fingerprint density at radius 1 is 1.17 bits per heavy atom. The summed E-state index contributed by atoms with van der Waals surface area (Å²) in [5, 5.41) is 6.50. The Morgan fingerprint density at radius 2 is 1.88 bits per heavy atom. The van der Waals surface area contributed by atoms with Crippen LogP contribution < -0.4 is 10.7 Å². The average Bonchev–Trinajstić information content (AvgIpc) is 2.61. The smallest absolute Gasteiger partial charge is 0.320 e. The maximum Gasteiger partial charge on any atom is 0.320 e. The molecule has 0 aliphatic carbocycles. The molecule has 5 nitrogen and oxygen atoms in total. The minimum Gasteiger partial charge on any atom is -0.460 e. The molecule has 24 heavy (non-hydrogen) atoms. The number of carbonyl (C=O) groups excluding carboxylic acids is 1. The summed E-state index contributed by atoms with van der Waals surface area (Å²) in [5.41, 5.74) is 7.66. The zero-order valence-electron chi connectivity index (χ0n) is 12.8. The summed E-state index contributed by atoms with van der Waals surface area (Å²) in [7, 11) is 0. The van der Waals surface area contributed by atoms with Gasteiger partial charge in [-0.15, -0.1) is 0 Å². The molecule has 1 aliphatic rings. The molecule has 1 atom stereocenters. The van der Waals surface area contributed by atoms with Crippen molar-refractivity contribution in [3.63, 3.8) is 0 Å². The molecule has 1 heterocycles. The summed E-state index contributed by atoms with van der Waals surface area (Å²) in [6.07, 6.45) is 3.39. The minimum absolute atomic E-state index is 0.163. The summed E-state index contributed by atoms with van der Waals surface area (Å²) in [5.74, 6) is -0.921. The van der Waals surface area contributed by atoms with Crippen molar-refractivity contribution in [1.82, 2.24) is 0 Å². The van der Waals surface area contributed by atoms with Crippen molar-refractivity contribution in [2.24, 2.45) is 16.8 Å². The molecule has 0 amide bonds. The quantitative estimate of drug-likeness (QED) is 0.866. The number of amidine groups is 1. The van der Waals surface area contributed by atoms with Crippen LogP contribution in [-0.4, -0.2) is 11.8 Å². The van der Waals surface area contributed by atoms with Gasteiger partial charge in [0.25, 0.3) is 0 Å². The number of ether oxygens (including phenoxy) is 1. The Balaban J connectivity index is 1.62. The Hall–Kier alpha value is -2.79. The number of hydrogen-bond donors (Lipinski definition) is 1. The number of hydrogen-bond acceptors (Lipinski definition) is 5. The molecule has 0 saturated carbocycles. The monoisotopic (exact) mass is 341 g/mol. The van der Waals surface area contributed by atoms with Gasteiger partial charge in [0.15, 0.2) is 0 Å². The summed E-state index contributed by atoms with van der Waals surface area (Å²) in [6.45, 7) is 0.163. The van der Waals surface area contributed by atoms with E-state index in [1.54, 1.807) is 41.6 Å². The van der Waals surface area contributed by atoms with Crippen LogP contribution >= 0.6 is 11.6 Å². The number of halogens is 1. The van der Waals surface area contributed by atoms with Gasteiger partial charge in [0.05, 0.1) is 5.69 Å². The number of rotatable bonds is 4. The van der Waals surface area contributed by atoms with Crippen molar-refractivity contribution in [1.29, 1.82) is 0 Å². The first-order valence-corrected chi connectivity index (χ1v) is 7.79. The molecule has 6 heteroatoms. The molecule has 1 aliphatic heterocycles. The zero-order chi connectivity index (χ0) is 16.9. The molecule has 3 rings (SSSR count). The second kappa shape index (κ2) is 7.19. The lowest BCUT2D eigenvalue weighted by molar-refractivity contribution is -0.146. The molecule has 0 spiro atoms. The van der Waals surface area contributed by atoms with E-state index in [0.29, 0.717) is 5.02 Å². The fourth-order valence-corrected chi connectivity index (χ4v) is 2.36. The number of anilines is 1. The van der Waals surface area contributed by atoms with Crippen molar-refractivity contribution >= 4 is 29.1 Å². The van der Waals surface area contributed by atoms with Gasteiger partial charge >= 0.3 is 5.97 Å². The van der Waals surface area contributed by atoms with Gasteiger partial charge in [0, 0.05) is 11.2 Å². The first-order chi connectivity index (χ1) is 11.6. The van der Waals surface area contributed by atoms with Crippen LogP contribution in [0.4, 0.5) is 5.69 Å². The fraction of sp³-hybridized carbons (Fsp3) is 0.111. The molecule has 122 valence electrons. The van der Waals surface area contributed by atoms with E-state index in [1.807, 2.05) is 30.3 Å². The number of para-hydroxylation sites is 1. The highest BCUT2D eigenvalue weighted by atomic mass is 35.5. The minimum atomic E-state index is -0.683. The lowest BCUT2D eigenvalue weighted by atomic mass is 10.1. The third-order valence-corrected chi connectivity index (χ3v) is 3.78. The van der Waals surface area contributed by atoms with Crippen molar-refractivity contribution in [3.05, 3.63) is 77.5 Å². The number of nitrogens with two attached hydrogens (primary N) is 1. The van der Waals surface area contributed by atoms with E-state index in [2.05, 4.69) is 5.10 Å². The molecule has 2 aromatic rings.